The van der Waals surface area contributed by atoms with Crippen molar-refractivity contribution in [1.29, 1.82) is 0 Å². The molecular weight excluding hydrogens is 398 g/mol. The lowest BCUT2D eigenvalue weighted by Crippen LogP contribution is -2.55. The number of rotatable bonds is 5. The average Bonchev–Trinajstić information content (AvgIpc) is 2.78. The molecule has 8 nitrogen and oxygen atoms in total. The third-order valence-corrected chi connectivity index (χ3v) is 6.03. The molecule has 1 saturated heterocycles. The molecule has 2 aromatic carbocycles. The number of aromatic carboxylic acids is 1. The standard InChI is InChI=1S/C23H27N3O5/c1-14-22(27)25(2)19-7-5-16(13-20(19)26(14)17-8-10-31-11-9-17)24-18-6-4-15(23(28)29)12-21(18)30-3/h4-7,12-14,17,24H,8-11H2,1-3H3,(H,28,29). The van der Waals surface area contributed by atoms with Crippen molar-refractivity contribution in [3.05, 3.63) is 42.0 Å². The highest BCUT2D eigenvalue weighted by molar-refractivity contribution is 6.05. The zero-order valence-corrected chi connectivity index (χ0v) is 17.9. The van der Waals surface area contributed by atoms with Crippen LogP contribution in [0.4, 0.5) is 22.7 Å². The number of fused-ring (bicyclic) bond motifs is 1. The normalized spacial score (nSPS) is 19.2. The summed E-state index contributed by atoms with van der Waals surface area (Å²) in [4.78, 5) is 28.0. The predicted molar refractivity (Wildman–Crippen MR) is 119 cm³/mol. The summed E-state index contributed by atoms with van der Waals surface area (Å²) in [5, 5.41) is 12.6. The van der Waals surface area contributed by atoms with E-state index in [4.69, 9.17) is 9.47 Å². The minimum Gasteiger partial charge on any atom is -0.495 e. The van der Waals surface area contributed by atoms with Gasteiger partial charge in [0.1, 0.15) is 11.8 Å². The Labute approximate surface area is 181 Å². The molecule has 0 radical (unpaired) electrons. The fraction of sp³-hybridized carbons (Fsp3) is 0.391. The van der Waals surface area contributed by atoms with E-state index in [0.717, 1.165) is 29.9 Å². The van der Waals surface area contributed by atoms with Crippen LogP contribution in [0.2, 0.25) is 0 Å². The van der Waals surface area contributed by atoms with Gasteiger partial charge >= 0.3 is 5.97 Å². The minimum absolute atomic E-state index is 0.0747. The second kappa shape index (κ2) is 8.47. The SMILES string of the molecule is COc1cc(C(=O)O)ccc1Nc1ccc2c(c1)N(C1CCOCC1)C(C)C(=O)N2C. The van der Waals surface area contributed by atoms with Gasteiger partial charge in [0, 0.05) is 32.0 Å². The van der Waals surface area contributed by atoms with Crippen LogP contribution in [0.25, 0.3) is 0 Å². The number of hydrogen-bond acceptors (Lipinski definition) is 6. The van der Waals surface area contributed by atoms with Crippen LogP contribution in [-0.4, -0.2) is 56.4 Å². The van der Waals surface area contributed by atoms with Gasteiger partial charge in [0.15, 0.2) is 0 Å². The Morgan fingerprint density at radius 2 is 1.90 bits per heavy atom. The van der Waals surface area contributed by atoms with Crippen molar-refractivity contribution in [2.45, 2.75) is 31.8 Å². The Kier molecular flexibility index (Phi) is 5.73. The molecule has 2 aliphatic heterocycles. The Balaban J connectivity index is 1.70. The number of carbonyl (C=O) groups excluding carboxylic acids is 1. The number of amides is 1. The van der Waals surface area contributed by atoms with E-state index < -0.39 is 5.97 Å². The third-order valence-electron chi connectivity index (χ3n) is 6.03. The van der Waals surface area contributed by atoms with E-state index in [1.807, 2.05) is 25.1 Å². The van der Waals surface area contributed by atoms with Crippen molar-refractivity contribution in [1.82, 2.24) is 0 Å². The Bertz CT molecular complexity index is 1000. The molecule has 2 aliphatic rings. The summed E-state index contributed by atoms with van der Waals surface area (Å²) in [6.07, 6.45) is 1.76. The van der Waals surface area contributed by atoms with Gasteiger partial charge in [-0.25, -0.2) is 4.79 Å². The highest BCUT2D eigenvalue weighted by Crippen LogP contribution is 2.41. The number of likely N-dealkylation sites (N-methyl/N-ethyl adjacent to an activating group) is 1. The first kappa shape index (κ1) is 21.0. The number of ether oxygens (including phenoxy) is 2. The van der Waals surface area contributed by atoms with Crippen molar-refractivity contribution in [3.63, 3.8) is 0 Å². The van der Waals surface area contributed by atoms with Gasteiger partial charge in [-0.15, -0.1) is 0 Å². The van der Waals surface area contributed by atoms with Crippen LogP contribution in [0, 0.1) is 0 Å². The van der Waals surface area contributed by atoms with Crippen LogP contribution in [0.5, 0.6) is 5.75 Å². The van der Waals surface area contributed by atoms with Gasteiger partial charge < -0.3 is 29.7 Å². The van der Waals surface area contributed by atoms with Crippen LogP contribution >= 0.6 is 0 Å². The monoisotopic (exact) mass is 425 g/mol. The third kappa shape index (κ3) is 3.90. The topological polar surface area (TPSA) is 91.3 Å². The van der Waals surface area contributed by atoms with E-state index in [-0.39, 0.29) is 23.6 Å². The summed E-state index contributed by atoms with van der Waals surface area (Å²) < 4.78 is 10.9. The second-order valence-corrected chi connectivity index (χ2v) is 7.87. The number of anilines is 4. The van der Waals surface area contributed by atoms with Crippen LogP contribution < -0.4 is 19.9 Å². The first-order valence-corrected chi connectivity index (χ1v) is 10.4. The largest absolute Gasteiger partial charge is 0.495 e. The molecule has 2 N–H and O–H groups in total. The van der Waals surface area contributed by atoms with Crippen molar-refractivity contribution < 1.29 is 24.2 Å². The van der Waals surface area contributed by atoms with Gasteiger partial charge in [0.2, 0.25) is 5.91 Å². The molecule has 0 aromatic heterocycles. The highest BCUT2D eigenvalue weighted by atomic mass is 16.5. The van der Waals surface area contributed by atoms with E-state index >= 15 is 0 Å². The maximum atomic E-state index is 12.9. The fourth-order valence-electron chi connectivity index (χ4n) is 4.38. The van der Waals surface area contributed by atoms with Gasteiger partial charge in [-0.05, 0) is 56.2 Å². The van der Waals surface area contributed by atoms with E-state index in [0.29, 0.717) is 24.7 Å². The molecule has 0 bridgehead atoms. The first-order valence-electron chi connectivity index (χ1n) is 10.4. The first-order chi connectivity index (χ1) is 14.9. The van der Waals surface area contributed by atoms with Gasteiger partial charge in [-0.1, -0.05) is 0 Å². The smallest absolute Gasteiger partial charge is 0.335 e. The molecule has 0 aliphatic carbocycles. The molecule has 164 valence electrons. The predicted octanol–water partition coefficient (Wildman–Crippen LogP) is 3.49. The van der Waals surface area contributed by atoms with Crippen LogP contribution in [0.3, 0.4) is 0 Å². The summed E-state index contributed by atoms with van der Waals surface area (Å²) in [5.41, 5.74) is 3.51. The molecular formula is C23H27N3O5. The molecule has 1 amide bonds. The number of methoxy groups -OCH3 is 1. The van der Waals surface area contributed by atoms with Crippen LogP contribution in [0.15, 0.2) is 36.4 Å². The highest BCUT2D eigenvalue weighted by Gasteiger charge is 2.38. The Hall–Kier alpha value is -3.26. The number of carboxylic acids is 1. The molecule has 0 spiro atoms. The average molecular weight is 425 g/mol. The van der Waals surface area contributed by atoms with Crippen molar-refractivity contribution in [3.8, 4) is 5.75 Å². The van der Waals surface area contributed by atoms with Gasteiger partial charge in [-0.3, -0.25) is 4.79 Å². The maximum absolute atomic E-state index is 12.9. The summed E-state index contributed by atoms with van der Waals surface area (Å²) in [5.74, 6) is -0.488. The lowest BCUT2D eigenvalue weighted by Gasteiger charge is -2.45. The molecule has 31 heavy (non-hydrogen) atoms. The summed E-state index contributed by atoms with van der Waals surface area (Å²) >= 11 is 0. The lowest BCUT2D eigenvalue weighted by atomic mass is 9.99. The quantitative estimate of drug-likeness (QED) is 0.758. The van der Waals surface area contributed by atoms with Crippen molar-refractivity contribution in [2.75, 3.05) is 42.5 Å². The van der Waals surface area contributed by atoms with Crippen LogP contribution in [0.1, 0.15) is 30.1 Å². The summed E-state index contributed by atoms with van der Waals surface area (Å²) in [6.45, 7) is 3.33. The summed E-state index contributed by atoms with van der Waals surface area (Å²) in [7, 11) is 3.31. The van der Waals surface area contributed by atoms with E-state index in [9.17, 15) is 14.7 Å². The molecule has 1 atom stereocenters. The molecule has 2 aromatic rings. The number of carboxylic acid groups (broad SMARTS) is 1. The van der Waals surface area contributed by atoms with E-state index in [1.165, 1.54) is 19.2 Å². The number of carbonyl (C=O) groups is 2. The molecule has 2 heterocycles. The number of nitrogens with one attached hydrogen (secondary N) is 1. The van der Waals surface area contributed by atoms with Crippen molar-refractivity contribution in [2.24, 2.45) is 0 Å². The molecule has 4 rings (SSSR count). The molecule has 1 unspecified atom stereocenters. The number of nitrogens with zero attached hydrogens (tertiary/aromatic N) is 2. The lowest BCUT2D eigenvalue weighted by molar-refractivity contribution is -0.119. The minimum atomic E-state index is -1.01. The number of hydrogen-bond donors (Lipinski definition) is 2. The summed E-state index contributed by atoms with van der Waals surface area (Å²) in [6, 6.07) is 10.6. The Morgan fingerprint density at radius 1 is 1.16 bits per heavy atom. The van der Waals surface area contributed by atoms with E-state index in [2.05, 4.69) is 10.2 Å². The van der Waals surface area contributed by atoms with Gasteiger partial charge in [0.05, 0.1) is 29.7 Å². The second-order valence-electron chi connectivity index (χ2n) is 7.87. The number of benzene rings is 2. The van der Waals surface area contributed by atoms with Crippen molar-refractivity contribution >= 4 is 34.6 Å². The fourth-order valence-corrected chi connectivity index (χ4v) is 4.38. The van der Waals surface area contributed by atoms with Gasteiger partial charge in [0.25, 0.3) is 0 Å². The zero-order valence-electron chi connectivity index (χ0n) is 17.9. The van der Waals surface area contributed by atoms with Crippen LogP contribution in [-0.2, 0) is 9.53 Å². The molecule has 1 fully saturated rings. The van der Waals surface area contributed by atoms with E-state index in [1.54, 1.807) is 18.0 Å². The maximum Gasteiger partial charge on any atom is 0.335 e. The molecule has 8 heteroatoms. The zero-order chi connectivity index (χ0) is 22.1. The Morgan fingerprint density at radius 3 is 2.58 bits per heavy atom. The van der Waals surface area contributed by atoms with Gasteiger partial charge in [-0.2, -0.15) is 0 Å². The molecule has 0 saturated carbocycles.